The van der Waals surface area contributed by atoms with Gasteiger partial charge in [-0.15, -0.1) is 0 Å². The molecule has 1 aliphatic rings. The fourth-order valence-corrected chi connectivity index (χ4v) is 2.12. The molecule has 21 heavy (non-hydrogen) atoms. The minimum atomic E-state index is -0.941. The zero-order chi connectivity index (χ0) is 16.0. The van der Waals surface area contributed by atoms with E-state index in [1.54, 1.807) is 0 Å². The van der Waals surface area contributed by atoms with Gasteiger partial charge in [0.1, 0.15) is 6.10 Å². The van der Waals surface area contributed by atoms with Gasteiger partial charge in [0.25, 0.3) is 0 Å². The lowest BCUT2D eigenvalue weighted by molar-refractivity contribution is -0.230. The van der Waals surface area contributed by atoms with Crippen LogP contribution in [0.4, 0.5) is 0 Å². The van der Waals surface area contributed by atoms with Crippen molar-refractivity contribution in [2.75, 3.05) is 20.3 Å². The van der Waals surface area contributed by atoms with E-state index in [1.165, 1.54) is 27.9 Å². The monoisotopic (exact) mass is 304 g/mol. The third kappa shape index (κ3) is 5.31. The summed E-state index contributed by atoms with van der Waals surface area (Å²) in [7, 11) is 1.47. The molecule has 4 atom stereocenters. The largest absolute Gasteiger partial charge is 0.456 e. The maximum atomic E-state index is 11.3. The van der Waals surface area contributed by atoms with Crippen LogP contribution < -0.4 is 0 Å². The number of hydrogen-bond acceptors (Lipinski definition) is 8. The van der Waals surface area contributed by atoms with Crippen LogP contribution in [0.3, 0.4) is 0 Å². The Hall–Kier alpha value is -1.67. The van der Waals surface area contributed by atoms with Crippen molar-refractivity contribution in [1.29, 1.82) is 0 Å². The second kappa shape index (κ2) is 7.94. The molecule has 0 radical (unpaired) electrons. The van der Waals surface area contributed by atoms with Gasteiger partial charge in [-0.3, -0.25) is 14.4 Å². The van der Waals surface area contributed by atoms with E-state index in [2.05, 4.69) is 0 Å². The molecule has 8 heteroatoms. The molecule has 0 N–H and O–H groups in total. The quantitative estimate of drug-likeness (QED) is 0.510. The first-order chi connectivity index (χ1) is 9.85. The number of carbonyl (C=O) groups is 3. The van der Waals surface area contributed by atoms with E-state index in [0.29, 0.717) is 0 Å². The highest BCUT2D eigenvalue weighted by molar-refractivity contribution is 5.68. The summed E-state index contributed by atoms with van der Waals surface area (Å²) in [5.74, 6) is -1.69. The Morgan fingerprint density at radius 2 is 1.48 bits per heavy atom. The Balaban J connectivity index is 2.97. The van der Waals surface area contributed by atoms with Crippen molar-refractivity contribution < 1.29 is 38.1 Å². The summed E-state index contributed by atoms with van der Waals surface area (Å²) >= 11 is 0. The van der Waals surface area contributed by atoms with Crippen LogP contribution >= 0.6 is 0 Å². The first-order valence-corrected chi connectivity index (χ1v) is 6.47. The van der Waals surface area contributed by atoms with E-state index in [-0.39, 0.29) is 13.2 Å². The molecule has 0 spiro atoms. The molecule has 0 aliphatic carbocycles. The first-order valence-electron chi connectivity index (χ1n) is 6.47. The lowest BCUT2D eigenvalue weighted by atomic mass is 9.99. The lowest BCUT2D eigenvalue weighted by Crippen LogP contribution is -2.58. The number of ether oxygens (including phenoxy) is 5. The van der Waals surface area contributed by atoms with Gasteiger partial charge >= 0.3 is 17.9 Å². The summed E-state index contributed by atoms with van der Waals surface area (Å²) in [6.45, 7) is 3.83. The molecule has 0 aromatic heterocycles. The Kier molecular flexibility index (Phi) is 6.57. The van der Waals surface area contributed by atoms with Gasteiger partial charge in [-0.05, 0) is 0 Å². The third-order valence-corrected chi connectivity index (χ3v) is 2.78. The van der Waals surface area contributed by atoms with E-state index < -0.39 is 42.3 Å². The summed E-state index contributed by atoms with van der Waals surface area (Å²) < 4.78 is 25.9. The highest BCUT2D eigenvalue weighted by atomic mass is 16.6. The topological polar surface area (TPSA) is 97.4 Å². The van der Waals surface area contributed by atoms with Crippen LogP contribution in [0.25, 0.3) is 0 Å². The Morgan fingerprint density at radius 3 is 1.95 bits per heavy atom. The van der Waals surface area contributed by atoms with Crippen LogP contribution in [-0.4, -0.2) is 62.6 Å². The minimum Gasteiger partial charge on any atom is -0.456 e. The van der Waals surface area contributed by atoms with Gasteiger partial charge in [-0.25, -0.2) is 0 Å². The average molecular weight is 304 g/mol. The molecule has 0 amide bonds. The standard InChI is InChI=1S/C13H20O8/c1-7(14)19-11-6-18-10(5-17-4)12(20-8(2)15)13(11)21-9(3)16/h10-13H,5-6H2,1-4H3/t10-,11-,12-,13-/m0/s1. The second-order valence-corrected chi connectivity index (χ2v) is 4.62. The van der Waals surface area contributed by atoms with Crippen LogP contribution in [-0.2, 0) is 38.1 Å². The van der Waals surface area contributed by atoms with Gasteiger partial charge < -0.3 is 23.7 Å². The molecule has 1 heterocycles. The van der Waals surface area contributed by atoms with E-state index in [1.807, 2.05) is 0 Å². The summed E-state index contributed by atoms with van der Waals surface area (Å²) in [6, 6.07) is 0. The molecule has 120 valence electrons. The molecule has 0 aromatic carbocycles. The van der Waals surface area contributed by atoms with Gasteiger partial charge in [0.15, 0.2) is 18.3 Å². The predicted octanol–water partition coefficient (Wildman–Crippen LogP) is -0.173. The normalized spacial score (nSPS) is 28.6. The second-order valence-electron chi connectivity index (χ2n) is 4.62. The van der Waals surface area contributed by atoms with Gasteiger partial charge in [0.05, 0.1) is 13.2 Å². The number of esters is 3. The van der Waals surface area contributed by atoms with Crippen molar-refractivity contribution in [3.8, 4) is 0 Å². The number of rotatable bonds is 5. The Morgan fingerprint density at radius 1 is 0.952 bits per heavy atom. The fraction of sp³-hybridized carbons (Fsp3) is 0.769. The van der Waals surface area contributed by atoms with E-state index in [4.69, 9.17) is 23.7 Å². The van der Waals surface area contributed by atoms with E-state index in [9.17, 15) is 14.4 Å². The van der Waals surface area contributed by atoms with Crippen molar-refractivity contribution in [2.45, 2.75) is 45.2 Å². The first kappa shape index (κ1) is 17.4. The van der Waals surface area contributed by atoms with Gasteiger partial charge in [-0.2, -0.15) is 0 Å². The maximum absolute atomic E-state index is 11.3. The van der Waals surface area contributed by atoms with Crippen molar-refractivity contribution >= 4 is 17.9 Å². The maximum Gasteiger partial charge on any atom is 0.303 e. The van der Waals surface area contributed by atoms with Crippen LogP contribution in [0.2, 0.25) is 0 Å². The molecular weight excluding hydrogens is 284 g/mol. The van der Waals surface area contributed by atoms with Crippen LogP contribution in [0.1, 0.15) is 20.8 Å². The molecule has 1 saturated heterocycles. The molecular formula is C13H20O8. The van der Waals surface area contributed by atoms with Crippen LogP contribution in [0.5, 0.6) is 0 Å². The third-order valence-electron chi connectivity index (χ3n) is 2.78. The molecule has 0 unspecified atom stereocenters. The van der Waals surface area contributed by atoms with Crippen molar-refractivity contribution in [3.05, 3.63) is 0 Å². The molecule has 0 bridgehead atoms. The summed E-state index contributed by atoms with van der Waals surface area (Å²) in [5, 5.41) is 0. The van der Waals surface area contributed by atoms with E-state index in [0.717, 1.165) is 0 Å². The highest BCUT2D eigenvalue weighted by Gasteiger charge is 2.46. The van der Waals surface area contributed by atoms with E-state index >= 15 is 0 Å². The number of carbonyl (C=O) groups excluding carboxylic acids is 3. The van der Waals surface area contributed by atoms with Crippen LogP contribution in [0.15, 0.2) is 0 Å². The number of methoxy groups -OCH3 is 1. The van der Waals surface area contributed by atoms with Crippen molar-refractivity contribution in [1.82, 2.24) is 0 Å². The summed E-state index contributed by atoms with van der Waals surface area (Å²) in [5.41, 5.74) is 0. The molecule has 1 rings (SSSR count). The van der Waals surface area contributed by atoms with Gasteiger partial charge in [0, 0.05) is 27.9 Å². The number of hydrogen-bond donors (Lipinski definition) is 0. The zero-order valence-corrected chi connectivity index (χ0v) is 12.5. The highest BCUT2D eigenvalue weighted by Crippen LogP contribution is 2.24. The van der Waals surface area contributed by atoms with Crippen LogP contribution in [0, 0.1) is 0 Å². The SMILES string of the molecule is COC[C@@H]1OC[C@H](OC(C)=O)[C@H](OC(C)=O)[C@H]1OC(C)=O. The molecule has 1 aliphatic heterocycles. The Bertz CT molecular complexity index is 394. The fourth-order valence-electron chi connectivity index (χ4n) is 2.12. The van der Waals surface area contributed by atoms with Gasteiger partial charge in [-0.1, -0.05) is 0 Å². The molecule has 1 fully saturated rings. The van der Waals surface area contributed by atoms with Crippen molar-refractivity contribution in [2.24, 2.45) is 0 Å². The molecule has 8 nitrogen and oxygen atoms in total. The summed E-state index contributed by atoms with van der Waals surface area (Å²) in [4.78, 5) is 33.6. The summed E-state index contributed by atoms with van der Waals surface area (Å²) in [6.07, 6.45) is -3.31. The zero-order valence-electron chi connectivity index (χ0n) is 12.5. The van der Waals surface area contributed by atoms with Gasteiger partial charge in [0.2, 0.25) is 0 Å². The molecule has 0 saturated carbocycles. The predicted molar refractivity (Wildman–Crippen MR) is 68.3 cm³/mol. The smallest absolute Gasteiger partial charge is 0.303 e. The lowest BCUT2D eigenvalue weighted by Gasteiger charge is -2.40. The molecule has 0 aromatic rings. The van der Waals surface area contributed by atoms with Crippen molar-refractivity contribution in [3.63, 3.8) is 0 Å². The minimum absolute atomic E-state index is 0.0172. The Labute approximate surface area is 122 Å². The average Bonchev–Trinajstić information content (AvgIpc) is 2.35.